The van der Waals surface area contributed by atoms with Crippen LogP contribution in [0.3, 0.4) is 0 Å². The van der Waals surface area contributed by atoms with Crippen molar-refractivity contribution in [3.63, 3.8) is 0 Å². The van der Waals surface area contributed by atoms with Gasteiger partial charge in [-0.3, -0.25) is 4.79 Å². The fourth-order valence-electron chi connectivity index (χ4n) is 2.07. The molecule has 4 nitrogen and oxygen atoms in total. The number of nitrogens with one attached hydrogen (secondary N) is 2. The maximum Gasteiger partial charge on any atom is 0.220 e. The zero-order valence-corrected chi connectivity index (χ0v) is 12.3. The zero-order chi connectivity index (χ0) is 14.3. The van der Waals surface area contributed by atoms with Crippen LogP contribution in [0.2, 0.25) is 0 Å². The van der Waals surface area contributed by atoms with E-state index in [-0.39, 0.29) is 5.91 Å². The van der Waals surface area contributed by atoms with Crippen LogP contribution in [0.1, 0.15) is 29.5 Å². The molecule has 0 aromatic heterocycles. The molecule has 1 amide bonds. The summed E-state index contributed by atoms with van der Waals surface area (Å²) in [6, 6.07) is 4.10. The number of rotatable bonds is 7. The average Bonchev–Trinajstić information content (AvgIpc) is 2.37. The van der Waals surface area contributed by atoms with Crippen molar-refractivity contribution in [1.29, 1.82) is 0 Å². The van der Waals surface area contributed by atoms with E-state index in [2.05, 4.69) is 16.7 Å². The van der Waals surface area contributed by atoms with Gasteiger partial charge in [-0.15, -0.1) is 0 Å². The highest BCUT2D eigenvalue weighted by Gasteiger charge is 2.09. The van der Waals surface area contributed by atoms with Gasteiger partial charge in [-0.05, 0) is 51.1 Å². The Hall–Kier alpha value is -1.55. The van der Waals surface area contributed by atoms with Crippen LogP contribution in [0.4, 0.5) is 0 Å². The first-order valence-corrected chi connectivity index (χ1v) is 6.64. The molecule has 0 spiro atoms. The van der Waals surface area contributed by atoms with Crippen LogP contribution in [-0.2, 0) is 11.3 Å². The summed E-state index contributed by atoms with van der Waals surface area (Å²) in [5, 5.41) is 5.98. The van der Waals surface area contributed by atoms with Crippen LogP contribution in [-0.4, -0.2) is 26.6 Å². The molecule has 0 radical (unpaired) electrons. The molecule has 1 aromatic carbocycles. The average molecular weight is 264 g/mol. The van der Waals surface area contributed by atoms with Crippen LogP contribution in [0.5, 0.6) is 5.75 Å². The lowest BCUT2D eigenvalue weighted by Crippen LogP contribution is -2.24. The summed E-state index contributed by atoms with van der Waals surface area (Å²) in [6.45, 7) is 5.46. The number of carbonyl (C=O) groups excluding carboxylic acids is 1. The minimum atomic E-state index is 0.0808. The summed E-state index contributed by atoms with van der Waals surface area (Å²) in [5.41, 5.74) is 3.36. The summed E-state index contributed by atoms with van der Waals surface area (Å²) in [5.74, 6) is 0.922. The summed E-state index contributed by atoms with van der Waals surface area (Å²) in [7, 11) is 3.55. The van der Waals surface area contributed by atoms with Crippen molar-refractivity contribution in [3.05, 3.63) is 28.8 Å². The first-order chi connectivity index (χ1) is 9.08. The fraction of sp³-hybridized carbons (Fsp3) is 0.533. The molecule has 0 aliphatic heterocycles. The van der Waals surface area contributed by atoms with Crippen LogP contribution >= 0.6 is 0 Å². The maximum atomic E-state index is 11.7. The predicted molar refractivity (Wildman–Crippen MR) is 77.5 cm³/mol. The quantitative estimate of drug-likeness (QED) is 0.740. The Kier molecular flexibility index (Phi) is 6.36. The van der Waals surface area contributed by atoms with Crippen molar-refractivity contribution in [2.75, 3.05) is 20.7 Å². The Morgan fingerprint density at radius 2 is 2.05 bits per heavy atom. The highest BCUT2D eigenvalue weighted by Crippen LogP contribution is 2.23. The third-order valence-corrected chi connectivity index (χ3v) is 3.09. The molecule has 19 heavy (non-hydrogen) atoms. The molecule has 106 valence electrons. The number of ether oxygens (including phenoxy) is 1. The van der Waals surface area contributed by atoms with E-state index in [0.717, 1.165) is 29.8 Å². The smallest absolute Gasteiger partial charge is 0.220 e. The predicted octanol–water partition coefficient (Wildman–Crippen LogP) is 1.93. The SMILES string of the molecule is CNCCCC(=O)NCc1c(C)cc(C)cc1OC. The molecule has 0 aliphatic carbocycles. The van der Waals surface area contributed by atoms with E-state index < -0.39 is 0 Å². The molecule has 0 bridgehead atoms. The van der Waals surface area contributed by atoms with Crippen LogP contribution in [0, 0.1) is 13.8 Å². The summed E-state index contributed by atoms with van der Waals surface area (Å²) in [4.78, 5) is 11.7. The van der Waals surface area contributed by atoms with Gasteiger partial charge in [-0.1, -0.05) is 6.07 Å². The minimum Gasteiger partial charge on any atom is -0.496 e. The number of amides is 1. The second kappa shape index (κ2) is 7.79. The van der Waals surface area contributed by atoms with Crippen molar-refractivity contribution < 1.29 is 9.53 Å². The third kappa shape index (κ3) is 4.91. The van der Waals surface area contributed by atoms with Crippen molar-refractivity contribution >= 4 is 5.91 Å². The van der Waals surface area contributed by atoms with Crippen LogP contribution < -0.4 is 15.4 Å². The maximum absolute atomic E-state index is 11.7. The molecular formula is C15H24N2O2. The van der Waals surface area contributed by atoms with Gasteiger partial charge in [0.1, 0.15) is 5.75 Å². The molecule has 0 fully saturated rings. The van der Waals surface area contributed by atoms with Crippen molar-refractivity contribution in [1.82, 2.24) is 10.6 Å². The van der Waals surface area contributed by atoms with Crippen LogP contribution in [0.25, 0.3) is 0 Å². The van der Waals surface area contributed by atoms with E-state index in [9.17, 15) is 4.79 Å². The van der Waals surface area contributed by atoms with Gasteiger partial charge in [-0.25, -0.2) is 0 Å². The monoisotopic (exact) mass is 264 g/mol. The number of hydrogen-bond donors (Lipinski definition) is 2. The molecule has 1 rings (SSSR count). The summed E-state index contributed by atoms with van der Waals surface area (Å²) in [6.07, 6.45) is 1.40. The second-order valence-corrected chi connectivity index (χ2v) is 4.75. The Morgan fingerprint density at radius 3 is 2.68 bits per heavy atom. The van der Waals surface area contributed by atoms with Crippen molar-refractivity contribution in [3.8, 4) is 5.75 Å². The highest BCUT2D eigenvalue weighted by atomic mass is 16.5. The van der Waals surface area contributed by atoms with Gasteiger partial charge in [0.15, 0.2) is 0 Å². The Morgan fingerprint density at radius 1 is 1.32 bits per heavy atom. The summed E-state index contributed by atoms with van der Waals surface area (Å²) >= 11 is 0. The standard InChI is InChI=1S/C15H24N2O2/c1-11-8-12(2)13(14(9-11)19-4)10-17-15(18)6-5-7-16-3/h8-9,16H,5-7,10H2,1-4H3,(H,17,18). The van der Waals surface area contributed by atoms with Gasteiger partial charge >= 0.3 is 0 Å². The largest absolute Gasteiger partial charge is 0.496 e. The second-order valence-electron chi connectivity index (χ2n) is 4.75. The fourth-order valence-corrected chi connectivity index (χ4v) is 2.07. The summed E-state index contributed by atoms with van der Waals surface area (Å²) < 4.78 is 5.38. The lowest BCUT2D eigenvalue weighted by molar-refractivity contribution is -0.121. The zero-order valence-electron chi connectivity index (χ0n) is 12.3. The van der Waals surface area contributed by atoms with Gasteiger partial charge in [0.2, 0.25) is 5.91 Å². The van der Waals surface area contributed by atoms with Crippen molar-refractivity contribution in [2.24, 2.45) is 0 Å². The molecule has 0 unspecified atom stereocenters. The van der Waals surface area contributed by atoms with Crippen LogP contribution in [0.15, 0.2) is 12.1 Å². The highest BCUT2D eigenvalue weighted by molar-refractivity contribution is 5.76. The third-order valence-electron chi connectivity index (χ3n) is 3.09. The van der Waals surface area contributed by atoms with Crippen molar-refractivity contribution in [2.45, 2.75) is 33.2 Å². The molecule has 0 saturated heterocycles. The molecule has 0 saturated carbocycles. The van der Waals surface area contributed by atoms with Gasteiger partial charge in [-0.2, -0.15) is 0 Å². The molecular weight excluding hydrogens is 240 g/mol. The normalized spacial score (nSPS) is 10.3. The number of methoxy groups -OCH3 is 1. The van der Waals surface area contributed by atoms with E-state index >= 15 is 0 Å². The van der Waals surface area contributed by atoms with E-state index in [1.807, 2.05) is 27.0 Å². The Labute approximate surface area is 115 Å². The molecule has 2 N–H and O–H groups in total. The Bertz CT molecular complexity index is 430. The molecule has 0 heterocycles. The lowest BCUT2D eigenvalue weighted by Gasteiger charge is -2.14. The van der Waals surface area contributed by atoms with Gasteiger partial charge in [0.05, 0.1) is 7.11 Å². The molecule has 0 atom stereocenters. The molecule has 0 aliphatic rings. The first kappa shape index (κ1) is 15.5. The number of aryl methyl sites for hydroxylation is 2. The van der Waals surface area contributed by atoms with Gasteiger partial charge in [0.25, 0.3) is 0 Å². The topological polar surface area (TPSA) is 50.4 Å². The molecule has 4 heteroatoms. The minimum absolute atomic E-state index is 0.0808. The van der Waals surface area contributed by atoms with Gasteiger partial charge < -0.3 is 15.4 Å². The first-order valence-electron chi connectivity index (χ1n) is 6.64. The number of carbonyl (C=O) groups is 1. The molecule has 1 aromatic rings. The van der Waals surface area contributed by atoms with E-state index in [0.29, 0.717) is 13.0 Å². The lowest BCUT2D eigenvalue weighted by atomic mass is 10.0. The van der Waals surface area contributed by atoms with E-state index in [1.165, 1.54) is 5.56 Å². The Balaban J connectivity index is 2.60. The number of hydrogen-bond acceptors (Lipinski definition) is 3. The van der Waals surface area contributed by atoms with E-state index in [4.69, 9.17) is 4.74 Å². The van der Waals surface area contributed by atoms with Gasteiger partial charge in [0, 0.05) is 18.5 Å². The van der Waals surface area contributed by atoms with E-state index in [1.54, 1.807) is 7.11 Å². The number of benzene rings is 1.